The lowest BCUT2D eigenvalue weighted by Crippen LogP contribution is -2.18. The fourth-order valence-electron chi connectivity index (χ4n) is 1.98. The number of hydrogen-bond donors (Lipinski definition) is 1. The maximum Gasteiger partial charge on any atom is 0.0995 e. The van der Waals surface area contributed by atoms with Gasteiger partial charge in [0.25, 0.3) is 0 Å². The summed E-state index contributed by atoms with van der Waals surface area (Å²) in [6.45, 7) is 5.45. The Morgan fingerprint density at radius 2 is 2.12 bits per heavy atom. The number of methoxy groups -OCH3 is 1. The van der Waals surface area contributed by atoms with E-state index < -0.39 is 6.10 Å². The lowest BCUT2D eigenvalue weighted by molar-refractivity contribution is 0.0905. The van der Waals surface area contributed by atoms with Gasteiger partial charge in [0.1, 0.15) is 0 Å². The molecular formula is C12H21BrN2O2. The molecule has 0 amide bonds. The van der Waals surface area contributed by atoms with Gasteiger partial charge >= 0.3 is 0 Å². The van der Waals surface area contributed by atoms with Crippen molar-refractivity contribution < 1.29 is 9.84 Å². The first-order valence-electron chi connectivity index (χ1n) is 6.03. The van der Waals surface area contributed by atoms with Crippen molar-refractivity contribution in [1.29, 1.82) is 0 Å². The Balaban J connectivity index is 2.90. The predicted octanol–water partition coefficient (Wildman–Crippen LogP) is 2.76. The Kier molecular flexibility index (Phi) is 6.16. The second-order valence-corrected chi connectivity index (χ2v) is 4.97. The minimum Gasteiger partial charge on any atom is -0.386 e. The summed E-state index contributed by atoms with van der Waals surface area (Å²) in [6, 6.07) is 0. The average Bonchev–Trinajstić information content (AvgIpc) is 2.69. The lowest BCUT2D eigenvalue weighted by Gasteiger charge is -2.21. The van der Waals surface area contributed by atoms with Gasteiger partial charge in [0.2, 0.25) is 0 Å². The zero-order valence-corrected chi connectivity index (χ0v) is 12.3. The zero-order valence-electron chi connectivity index (χ0n) is 10.7. The Labute approximate surface area is 111 Å². The van der Waals surface area contributed by atoms with Crippen LogP contribution in [0.15, 0.2) is 10.7 Å². The molecule has 0 aromatic carbocycles. The van der Waals surface area contributed by atoms with E-state index in [0.29, 0.717) is 13.2 Å². The molecule has 0 spiro atoms. The van der Waals surface area contributed by atoms with Crippen molar-refractivity contribution in [3.05, 3.63) is 16.4 Å². The zero-order chi connectivity index (χ0) is 12.8. The maximum atomic E-state index is 10.4. The molecular weight excluding hydrogens is 284 g/mol. The van der Waals surface area contributed by atoms with Crippen LogP contribution in [0.4, 0.5) is 0 Å². The predicted molar refractivity (Wildman–Crippen MR) is 70.8 cm³/mol. The van der Waals surface area contributed by atoms with Crippen molar-refractivity contribution in [2.75, 3.05) is 13.7 Å². The summed E-state index contributed by atoms with van der Waals surface area (Å²) < 4.78 is 7.73. The van der Waals surface area contributed by atoms with Crippen molar-refractivity contribution in [1.82, 2.24) is 9.78 Å². The normalized spacial score (nSPS) is 13.3. The fourth-order valence-corrected chi connectivity index (χ4v) is 2.51. The van der Waals surface area contributed by atoms with Gasteiger partial charge in [-0.2, -0.15) is 5.10 Å². The molecule has 1 unspecified atom stereocenters. The number of nitrogens with zero attached hydrogens (tertiary/aromatic N) is 2. The summed E-state index contributed by atoms with van der Waals surface area (Å²) in [7, 11) is 1.66. The first-order valence-corrected chi connectivity index (χ1v) is 6.83. The topological polar surface area (TPSA) is 47.3 Å². The van der Waals surface area contributed by atoms with Gasteiger partial charge in [-0.3, -0.25) is 4.68 Å². The third kappa shape index (κ3) is 3.53. The van der Waals surface area contributed by atoms with Crippen molar-refractivity contribution >= 4 is 15.9 Å². The van der Waals surface area contributed by atoms with E-state index in [1.54, 1.807) is 13.3 Å². The molecule has 0 aliphatic heterocycles. The summed E-state index contributed by atoms with van der Waals surface area (Å²) >= 11 is 3.45. The van der Waals surface area contributed by atoms with E-state index in [1.165, 1.54) is 0 Å². The summed E-state index contributed by atoms with van der Waals surface area (Å²) in [5, 5.41) is 14.7. The Morgan fingerprint density at radius 1 is 1.47 bits per heavy atom. The monoisotopic (exact) mass is 304 g/mol. The number of ether oxygens (including phenoxy) is 1. The highest BCUT2D eigenvalue weighted by Crippen LogP contribution is 2.31. The van der Waals surface area contributed by atoms with Gasteiger partial charge in [-0.05, 0) is 21.8 Å². The van der Waals surface area contributed by atoms with Crippen LogP contribution in [0, 0.1) is 5.92 Å². The van der Waals surface area contributed by atoms with Gasteiger partial charge < -0.3 is 9.84 Å². The third-order valence-electron chi connectivity index (χ3n) is 3.12. The van der Waals surface area contributed by atoms with E-state index in [9.17, 15) is 5.11 Å². The van der Waals surface area contributed by atoms with Crippen molar-refractivity contribution in [3.63, 3.8) is 0 Å². The lowest BCUT2D eigenvalue weighted by atomic mass is 9.94. The maximum absolute atomic E-state index is 10.4. The van der Waals surface area contributed by atoms with Crippen LogP contribution in [0.1, 0.15) is 38.5 Å². The molecule has 0 aliphatic rings. The molecule has 0 aliphatic carbocycles. The first-order chi connectivity index (χ1) is 8.15. The van der Waals surface area contributed by atoms with Gasteiger partial charge in [0.05, 0.1) is 35.6 Å². The van der Waals surface area contributed by atoms with Crippen LogP contribution < -0.4 is 0 Å². The summed E-state index contributed by atoms with van der Waals surface area (Å²) in [5.41, 5.74) is 0.857. The van der Waals surface area contributed by atoms with Gasteiger partial charge in [0, 0.05) is 7.11 Å². The number of halogens is 1. The minimum atomic E-state index is -0.473. The van der Waals surface area contributed by atoms with Gasteiger partial charge in [-0.15, -0.1) is 0 Å². The molecule has 4 nitrogen and oxygen atoms in total. The van der Waals surface area contributed by atoms with Crippen LogP contribution in [-0.2, 0) is 11.3 Å². The number of aliphatic hydroxyl groups excluding tert-OH is 1. The molecule has 1 heterocycles. The van der Waals surface area contributed by atoms with Crippen LogP contribution in [-0.4, -0.2) is 28.6 Å². The molecule has 5 heteroatoms. The highest BCUT2D eigenvalue weighted by atomic mass is 79.9. The third-order valence-corrected chi connectivity index (χ3v) is 3.73. The van der Waals surface area contributed by atoms with Crippen LogP contribution in [0.3, 0.4) is 0 Å². The summed E-state index contributed by atoms with van der Waals surface area (Å²) in [6.07, 6.45) is 3.18. The van der Waals surface area contributed by atoms with E-state index in [1.807, 2.05) is 4.68 Å². The number of hydrogen-bond acceptors (Lipinski definition) is 3. The van der Waals surface area contributed by atoms with Gasteiger partial charge in [-0.1, -0.05) is 26.7 Å². The number of aromatic nitrogens is 2. The molecule has 98 valence electrons. The molecule has 17 heavy (non-hydrogen) atoms. The van der Waals surface area contributed by atoms with E-state index in [0.717, 1.165) is 23.0 Å². The number of rotatable bonds is 7. The van der Waals surface area contributed by atoms with Crippen molar-refractivity contribution in [3.8, 4) is 0 Å². The molecule has 1 aromatic rings. The largest absolute Gasteiger partial charge is 0.386 e. The van der Waals surface area contributed by atoms with E-state index >= 15 is 0 Å². The average molecular weight is 305 g/mol. The van der Waals surface area contributed by atoms with Gasteiger partial charge in [-0.25, -0.2) is 0 Å². The smallest absolute Gasteiger partial charge is 0.0995 e. The second-order valence-electron chi connectivity index (χ2n) is 4.12. The molecule has 0 bridgehead atoms. The van der Waals surface area contributed by atoms with Crippen molar-refractivity contribution in [2.24, 2.45) is 5.92 Å². The summed E-state index contributed by atoms with van der Waals surface area (Å²) in [4.78, 5) is 0. The van der Waals surface area contributed by atoms with E-state index in [2.05, 4.69) is 34.9 Å². The quantitative estimate of drug-likeness (QED) is 0.842. The molecule has 0 saturated heterocycles. The van der Waals surface area contributed by atoms with Crippen LogP contribution >= 0.6 is 15.9 Å². The SMILES string of the molecule is CCC(CC)C(O)c1c(Br)cnn1CCOC. The minimum absolute atomic E-state index is 0.268. The fraction of sp³-hybridized carbons (Fsp3) is 0.750. The Hall–Kier alpha value is -0.390. The molecule has 0 saturated carbocycles. The Morgan fingerprint density at radius 3 is 2.65 bits per heavy atom. The molecule has 1 aromatic heterocycles. The highest BCUT2D eigenvalue weighted by Gasteiger charge is 2.24. The second kappa shape index (κ2) is 7.13. The molecule has 0 fully saturated rings. The first kappa shape index (κ1) is 14.7. The molecule has 1 atom stereocenters. The summed E-state index contributed by atoms with van der Waals surface area (Å²) in [5.74, 6) is 0.268. The highest BCUT2D eigenvalue weighted by molar-refractivity contribution is 9.10. The Bertz CT molecular complexity index is 337. The molecule has 0 radical (unpaired) electrons. The molecule has 1 N–H and O–H groups in total. The van der Waals surface area contributed by atoms with Crippen LogP contribution in [0.5, 0.6) is 0 Å². The van der Waals surface area contributed by atoms with Gasteiger partial charge in [0.15, 0.2) is 0 Å². The van der Waals surface area contributed by atoms with Crippen LogP contribution in [0.2, 0.25) is 0 Å². The number of aliphatic hydroxyl groups is 1. The van der Waals surface area contributed by atoms with E-state index in [-0.39, 0.29) is 5.92 Å². The molecule has 1 rings (SSSR count). The standard InChI is InChI=1S/C12H21BrN2O2/c1-4-9(5-2)12(16)11-10(13)8-14-15(11)6-7-17-3/h8-9,12,16H,4-7H2,1-3H3. The van der Waals surface area contributed by atoms with E-state index in [4.69, 9.17) is 4.74 Å². The van der Waals surface area contributed by atoms with Crippen LogP contribution in [0.25, 0.3) is 0 Å². The van der Waals surface area contributed by atoms with Crippen molar-refractivity contribution in [2.45, 2.75) is 39.3 Å².